The molecule has 3 N–H and O–H groups in total. The molecule has 1 aliphatic carbocycles. The second-order valence-electron chi connectivity index (χ2n) is 7.75. The fourth-order valence-corrected chi connectivity index (χ4v) is 4.06. The summed E-state index contributed by atoms with van der Waals surface area (Å²) >= 11 is 0. The van der Waals surface area contributed by atoms with Crippen LogP contribution in [0.15, 0.2) is 22.2 Å². The van der Waals surface area contributed by atoms with Crippen LogP contribution in [-0.2, 0) is 4.84 Å². The number of hydrogen-bond donors (Lipinski definition) is 2. The second-order valence-corrected chi connectivity index (χ2v) is 7.75. The van der Waals surface area contributed by atoms with Gasteiger partial charge in [0.15, 0.2) is 11.6 Å². The van der Waals surface area contributed by atoms with E-state index in [1.165, 1.54) is 13.3 Å². The van der Waals surface area contributed by atoms with Crippen LogP contribution in [0.2, 0.25) is 0 Å². The van der Waals surface area contributed by atoms with Gasteiger partial charge in [0.25, 0.3) is 0 Å². The predicted octanol–water partition coefficient (Wildman–Crippen LogP) is 2.11. The van der Waals surface area contributed by atoms with Crippen LogP contribution >= 0.6 is 0 Å². The summed E-state index contributed by atoms with van der Waals surface area (Å²) in [5.41, 5.74) is 6.43. The first-order valence-corrected chi connectivity index (χ1v) is 10.2. The van der Waals surface area contributed by atoms with E-state index >= 15 is 4.39 Å². The number of carbonyl (C=O) groups is 1. The Hall–Kier alpha value is -3.14. The molecule has 0 radical (unpaired) electrons. The Morgan fingerprint density at radius 3 is 2.74 bits per heavy atom. The van der Waals surface area contributed by atoms with Crippen LogP contribution in [0.5, 0.6) is 5.75 Å². The van der Waals surface area contributed by atoms with E-state index in [2.05, 4.69) is 5.16 Å². The highest BCUT2D eigenvalue weighted by atomic mass is 19.1. The van der Waals surface area contributed by atoms with Gasteiger partial charge < -0.3 is 29.9 Å². The van der Waals surface area contributed by atoms with Gasteiger partial charge in [0.1, 0.15) is 17.9 Å². The third-order valence-electron chi connectivity index (χ3n) is 5.68. The molecule has 0 spiro atoms. The number of halogens is 1. The standard InChI is InChI=1S/C21H25FN4O5/c1-3-31-24-16-6-7-25(10-15(16)23)18-14(22)8-12-17(20(18)30-2)26(11-4-5-11)9-13(19(12)27)21(28)29/h8-9,11,15H,3-7,10,23H2,1-2H3,(H,28,29)/b24-16-. The maximum absolute atomic E-state index is 15.3. The van der Waals surface area contributed by atoms with Gasteiger partial charge in [-0.1, -0.05) is 5.16 Å². The first-order chi connectivity index (χ1) is 14.9. The molecule has 1 aromatic carbocycles. The van der Waals surface area contributed by atoms with Crippen LogP contribution in [0.25, 0.3) is 10.9 Å². The lowest BCUT2D eigenvalue weighted by atomic mass is 10.0. The molecule has 9 nitrogen and oxygen atoms in total. The monoisotopic (exact) mass is 432 g/mol. The molecular formula is C21H25FN4O5. The highest BCUT2D eigenvalue weighted by molar-refractivity contribution is 5.98. The van der Waals surface area contributed by atoms with Crippen molar-refractivity contribution in [2.45, 2.75) is 38.3 Å². The third-order valence-corrected chi connectivity index (χ3v) is 5.68. The van der Waals surface area contributed by atoms with E-state index in [0.717, 1.165) is 18.9 Å². The predicted molar refractivity (Wildman–Crippen MR) is 114 cm³/mol. The molecule has 1 atom stereocenters. The number of oxime groups is 1. The molecule has 10 heteroatoms. The lowest BCUT2D eigenvalue weighted by molar-refractivity contribution is 0.0694. The molecule has 1 aliphatic heterocycles. The average Bonchev–Trinajstić information content (AvgIpc) is 3.57. The zero-order valence-electron chi connectivity index (χ0n) is 17.4. The van der Waals surface area contributed by atoms with E-state index in [1.54, 1.807) is 9.47 Å². The number of anilines is 1. The Balaban J connectivity index is 1.87. The minimum Gasteiger partial charge on any atom is -0.492 e. The number of rotatable bonds is 6. The van der Waals surface area contributed by atoms with Crippen molar-refractivity contribution in [1.29, 1.82) is 0 Å². The van der Waals surface area contributed by atoms with Crippen molar-refractivity contribution >= 4 is 28.3 Å². The number of carboxylic acids is 1. The molecular weight excluding hydrogens is 407 g/mol. The van der Waals surface area contributed by atoms with Gasteiger partial charge in [-0.3, -0.25) is 4.79 Å². The van der Waals surface area contributed by atoms with Gasteiger partial charge in [0.05, 0.1) is 29.8 Å². The van der Waals surface area contributed by atoms with Crippen LogP contribution in [0.3, 0.4) is 0 Å². The maximum atomic E-state index is 15.3. The van der Waals surface area contributed by atoms with Crippen molar-refractivity contribution in [1.82, 2.24) is 4.57 Å². The van der Waals surface area contributed by atoms with Crippen LogP contribution in [0.1, 0.15) is 42.6 Å². The number of pyridine rings is 1. The number of aromatic nitrogens is 1. The number of nitrogens with zero attached hydrogens (tertiary/aromatic N) is 3. The van der Waals surface area contributed by atoms with Crippen molar-refractivity contribution in [3.8, 4) is 5.75 Å². The number of hydrogen-bond acceptors (Lipinski definition) is 7. The number of aromatic carboxylic acids is 1. The molecule has 2 fully saturated rings. The van der Waals surface area contributed by atoms with Crippen molar-refractivity contribution in [2.75, 3.05) is 31.7 Å². The van der Waals surface area contributed by atoms with E-state index < -0.39 is 23.3 Å². The van der Waals surface area contributed by atoms with Crippen LogP contribution in [0, 0.1) is 5.82 Å². The summed E-state index contributed by atoms with van der Waals surface area (Å²) in [7, 11) is 1.41. The average molecular weight is 432 g/mol. The minimum absolute atomic E-state index is 0.00944. The van der Waals surface area contributed by atoms with E-state index in [-0.39, 0.29) is 28.4 Å². The molecule has 0 bridgehead atoms. The van der Waals surface area contributed by atoms with Crippen LogP contribution in [-0.4, -0.2) is 54.2 Å². The highest BCUT2D eigenvalue weighted by Crippen LogP contribution is 2.44. The Morgan fingerprint density at radius 2 is 2.16 bits per heavy atom. The van der Waals surface area contributed by atoms with Gasteiger partial charge in [0, 0.05) is 31.7 Å². The second kappa shape index (κ2) is 8.18. The molecule has 2 aromatic rings. The summed E-state index contributed by atoms with van der Waals surface area (Å²) in [5, 5.41) is 13.5. The number of carboxylic acid groups (broad SMARTS) is 1. The molecule has 166 valence electrons. The number of nitrogens with two attached hydrogens (primary N) is 1. The van der Waals surface area contributed by atoms with Crippen LogP contribution < -0.4 is 20.8 Å². The van der Waals surface area contributed by atoms with Gasteiger partial charge in [-0.05, 0) is 25.8 Å². The Bertz CT molecular complexity index is 1130. The van der Waals surface area contributed by atoms with E-state index in [1.807, 2.05) is 6.92 Å². The summed E-state index contributed by atoms with van der Waals surface area (Å²) in [6.07, 6.45) is 3.52. The van der Waals surface area contributed by atoms with Crippen LogP contribution in [0.4, 0.5) is 10.1 Å². The maximum Gasteiger partial charge on any atom is 0.341 e. The Kier molecular flexibility index (Phi) is 5.57. The Labute approximate surface area is 177 Å². The quantitative estimate of drug-likeness (QED) is 0.671. The number of methoxy groups -OCH3 is 1. The fraction of sp³-hybridized carbons (Fsp3) is 0.476. The van der Waals surface area contributed by atoms with Gasteiger partial charge in [-0.2, -0.15) is 0 Å². The zero-order valence-corrected chi connectivity index (χ0v) is 17.4. The highest BCUT2D eigenvalue weighted by Gasteiger charge is 2.33. The molecule has 31 heavy (non-hydrogen) atoms. The summed E-state index contributed by atoms with van der Waals surface area (Å²) in [4.78, 5) is 31.2. The van der Waals surface area contributed by atoms with Gasteiger partial charge >= 0.3 is 5.97 Å². The fourth-order valence-electron chi connectivity index (χ4n) is 4.06. The summed E-state index contributed by atoms with van der Waals surface area (Å²) in [6.45, 7) is 3.00. The molecule has 1 saturated carbocycles. The van der Waals surface area contributed by atoms with E-state index in [4.69, 9.17) is 15.3 Å². The molecule has 4 rings (SSSR count). The van der Waals surface area contributed by atoms with E-state index in [0.29, 0.717) is 37.3 Å². The lowest BCUT2D eigenvalue weighted by Gasteiger charge is -2.34. The molecule has 0 amide bonds. The topological polar surface area (TPSA) is 119 Å². The Morgan fingerprint density at radius 1 is 1.42 bits per heavy atom. The molecule has 1 unspecified atom stereocenters. The van der Waals surface area contributed by atoms with Gasteiger partial charge in [-0.15, -0.1) is 0 Å². The number of ether oxygens (including phenoxy) is 1. The van der Waals surface area contributed by atoms with Crippen molar-refractivity contribution in [3.63, 3.8) is 0 Å². The molecule has 1 saturated heterocycles. The number of benzene rings is 1. The number of fused-ring (bicyclic) bond motifs is 1. The van der Waals surface area contributed by atoms with Gasteiger partial charge in [0.2, 0.25) is 5.43 Å². The van der Waals surface area contributed by atoms with Crippen molar-refractivity contribution in [2.24, 2.45) is 10.9 Å². The smallest absolute Gasteiger partial charge is 0.341 e. The lowest BCUT2D eigenvalue weighted by Crippen LogP contribution is -2.49. The summed E-state index contributed by atoms with van der Waals surface area (Å²) in [6, 6.07) is 0.706. The summed E-state index contributed by atoms with van der Waals surface area (Å²) < 4.78 is 22.7. The normalized spacial score (nSPS) is 20.3. The molecule has 2 aliphatic rings. The van der Waals surface area contributed by atoms with Crippen molar-refractivity contribution in [3.05, 3.63) is 33.9 Å². The summed E-state index contributed by atoms with van der Waals surface area (Å²) in [5.74, 6) is -1.80. The zero-order chi connectivity index (χ0) is 22.3. The first-order valence-electron chi connectivity index (χ1n) is 10.2. The minimum atomic E-state index is -1.34. The largest absolute Gasteiger partial charge is 0.492 e. The number of piperidine rings is 1. The van der Waals surface area contributed by atoms with Crippen molar-refractivity contribution < 1.29 is 23.9 Å². The SMILES string of the molecule is CCO/N=C1/CCN(c2c(F)cc3c(=O)c(C(=O)O)cn(C4CC4)c3c2OC)CC1N. The van der Waals surface area contributed by atoms with Gasteiger partial charge in [-0.25, -0.2) is 9.18 Å². The molecule has 2 heterocycles. The third kappa shape index (κ3) is 3.71. The molecule has 1 aromatic heterocycles. The van der Waals surface area contributed by atoms with E-state index in [9.17, 15) is 14.7 Å². The first kappa shape index (κ1) is 21.1.